The van der Waals surface area contributed by atoms with E-state index in [2.05, 4.69) is 20.2 Å². The molecule has 1 N–H and O–H groups in total. The molecule has 25 heavy (non-hydrogen) atoms. The van der Waals surface area contributed by atoms with Gasteiger partial charge in [-0.25, -0.2) is 0 Å². The zero-order chi connectivity index (χ0) is 17.4. The van der Waals surface area contributed by atoms with Gasteiger partial charge in [0, 0.05) is 39.6 Å². The summed E-state index contributed by atoms with van der Waals surface area (Å²) < 4.78 is 7.23. The molecule has 2 aliphatic heterocycles. The van der Waals surface area contributed by atoms with Crippen molar-refractivity contribution in [3.63, 3.8) is 0 Å². The van der Waals surface area contributed by atoms with Crippen LogP contribution in [0.15, 0.2) is 12.1 Å². The monoisotopic (exact) mass is 346 g/mol. The summed E-state index contributed by atoms with van der Waals surface area (Å²) in [4.78, 5) is 4.32. The standard InChI is InChI=1S/C17H26N6O2/c1-21(2)15-4-3-14-18-19-16(23(14)20-15)13-5-8-22(9-6-13)11-17(24)7-10-25-12-17/h3-4,13,24H,5-12H2,1-2H3. The Morgan fingerprint density at radius 2 is 2.08 bits per heavy atom. The van der Waals surface area contributed by atoms with Crippen molar-refractivity contribution < 1.29 is 9.84 Å². The highest BCUT2D eigenvalue weighted by molar-refractivity contribution is 5.45. The summed E-state index contributed by atoms with van der Waals surface area (Å²) in [6.45, 7) is 3.73. The highest BCUT2D eigenvalue weighted by atomic mass is 16.5. The van der Waals surface area contributed by atoms with Crippen LogP contribution in [0.4, 0.5) is 5.82 Å². The van der Waals surface area contributed by atoms with Crippen LogP contribution in [-0.4, -0.2) is 82.4 Å². The third-order valence-electron chi connectivity index (χ3n) is 5.28. The molecule has 0 amide bonds. The van der Waals surface area contributed by atoms with Gasteiger partial charge >= 0.3 is 0 Å². The molecule has 0 bridgehead atoms. The van der Waals surface area contributed by atoms with Gasteiger partial charge in [-0.05, 0) is 38.1 Å². The minimum Gasteiger partial charge on any atom is -0.386 e. The summed E-state index contributed by atoms with van der Waals surface area (Å²) >= 11 is 0. The molecule has 2 aromatic rings. The lowest BCUT2D eigenvalue weighted by atomic mass is 9.94. The summed E-state index contributed by atoms with van der Waals surface area (Å²) in [5.74, 6) is 2.20. The number of nitrogens with zero attached hydrogens (tertiary/aromatic N) is 6. The number of rotatable bonds is 4. The van der Waals surface area contributed by atoms with Crippen LogP contribution in [-0.2, 0) is 4.74 Å². The predicted octanol–water partition coefficient (Wildman–Crippen LogP) is 0.521. The van der Waals surface area contributed by atoms with E-state index in [-0.39, 0.29) is 0 Å². The number of piperidine rings is 1. The van der Waals surface area contributed by atoms with Gasteiger partial charge in [-0.2, -0.15) is 4.52 Å². The molecule has 0 aliphatic carbocycles. The van der Waals surface area contributed by atoms with Crippen molar-refractivity contribution in [2.24, 2.45) is 0 Å². The number of aromatic nitrogens is 4. The molecule has 8 heteroatoms. The van der Waals surface area contributed by atoms with Crippen molar-refractivity contribution in [2.75, 3.05) is 51.8 Å². The molecule has 2 saturated heterocycles. The Morgan fingerprint density at radius 1 is 1.28 bits per heavy atom. The lowest BCUT2D eigenvalue weighted by Gasteiger charge is -2.35. The van der Waals surface area contributed by atoms with Gasteiger partial charge in [0.05, 0.1) is 6.61 Å². The second kappa shape index (κ2) is 6.51. The SMILES string of the molecule is CN(C)c1ccc2nnc(C3CCN(CC4(O)CCOC4)CC3)n2n1. The van der Waals surface area contributed by atoms with E-state index in [1.807, 2.05) is 35.6 Å². The van der Waals surface area contributed by atoms with Crippen LogP contribution in [0.5, 0.6) is 0 Å². The van der Waals surface area contributed by atoms with Crippen LogP contribution in [0.1, 0.15) is 31.0 Å². The van der Waals surface area contributed by atoms with Gasteiger partial charge in [0.25, 0.3) is 0 Å². The molecule has 2 fully saturated rings. The van der Waals surface area contributed by atoms with Crippen molar-refractivity contribution >= 4 is 11.5 Å². The number of likely N-dealkylation sites (tertiary alicyclic amines) is 1. The molecule has 2 aromatic heterocycles. The Balaban J connectivity index is 1.45. The summed E-state index contributed by atoms with van der Waals surface area (Å²) in [6.07, 6.45) is 2.75. The second-order valence-corrected chi connectivity index (χ2v) is 7.49. The first kappa shape index (κ1) is 16.7. The quantitative estimate of drug-likeness (QED) is 0.865. The number of hydrogen-bond donors (Lipinski definition) is 1. The summed E-state index contributed by atoms with van der Waals surface area (Å²) in [5, 5.41) is 23.9. The first-order valence-electron chi connectivity index (χ1n) is 8.96. The number of β-amino-alcohol motifs (C(OH)–C–C–N with tert-alkyl or cyclic N) is 1. The molecule has 0 radical (unpaired) electrons. The first-order chi connectivity index (χ1) is 12.0. The van der Waals surface area contributed by atoms with Gasteiger partial charge < -0.3 is 19.6 Å². The smallest absolute Gasteiger partial charge is 0.178 e. The summed E-state index contributed by atoms with van der Waals surface area (Å²) in [7, 11) is 3.96. The lowest BCUT2D eigenvalue weighted by Crippen LogP contribution is -2.46. The Kier molecular flexibility index (Phi) is 4.35. The molecule has 4 heterocycles. The van der Waals surface area contributed by atoms with Gasteiger partial charge in [0.2, 0.25) is 0 Å². The zero-order valence-corrected chi connectivity index (χ0v) is 14.9. The Morgan fingerprint density at radius 3 is 2.76 bits per heavy atom. The minimum atomic E-state index is -0.670. The molecule has 1 unspecified atom stereocenters. The molecule has 8 nitrogen and oxygen atoms in total. The van der Waals surface area contributed by atoms with Crippen molar-refractivity contribution in [3.8, 4) is 0 Å². The van der Waals surface area contributed by atoms with E-state index in [0.717, 1.165) is 49.6 Å². The molecular weight excluding hydrogens is 320 g/mol. The Hall–Kier alpha value is -1.77. The summed E-state index contributed by atoms with van der Waals surface area (Å²) in [5.41, 5.74) is 0.122. The van der Waals surface area contributed by atoms with Gasteiger partial charge in [-0.1, -0.05) is 0 Å². The highest BCUT2D eigenvalue weighted by Crippen LogP contribution is 2.29. The van der Waals surface area contributed by atoms with Crippen molar-refractivity contribution in [1.82, 2.24) is 24.7 Å². The highest BCUT2D eigenvalue weighted by Gasteiger charge is 2.35. The predicted molar refractivity (Wildman–Crippen MR) is 93.9 cm³/mol. The number of fused-ring (bicyclic) bond motifs is 1. The zero-order valence-electron chi connectivity index (χ0n) is 14.9. The van der Waals surface area contributed by atoms with E-state index in [1.54, 1.807) is 0 Å². The van der Waals surface area contributed by atoms with Gasteiger partial charge in [-0.15, -0.1) is 15.3 Å². The molecule has 2 aliphatic rings. The van der Waals surface area contributed by atoms with Gasteiger partial charge in [0.15, 0.2) is 11.5 Å². The maximum atomic E-state index is 10.5. The molecule has 1 atom stereocenters. The fourth-order valence-electron chi connectivity index (χ4n) is 3.78. The molecule has 0 spiro atoms. The number of hydrogen-bond acceptors (Lipinski definition) is 7. The van der Waals surface area contributed by atoms with Crippen LogP contribution in [0, 0.1) is 0 Å². The number of anilines is 1. The third-order valence-corrected chi connectivity index (χ3v) is 5.28. The van der Waals surface area contributed by atoms with E-state index in [0.29, 0.717) is 25.7 Å². The van der Waals surface area contributed by atoms with Crippen LogP contribution < -0.4 is 4.90 Å². The van der Waals surface area contributed by atoms with Crippen molar-refractivity contribution in [2.45, 2.75) is 30.8 Å². The van der Waals surface area contributed by atoms with E-state index < -0.39 is 5.60 Å². The van der Waals surface area contributed by atoms with Crippen LogP contribution >= 0.6 is 0 Å². The second-order valence-electron chi connectivity index (χ2n) is 7.49. The normalized spacial score (nSPS) is 25.7. The summed E-state index contributed by atoms with van der Waals surface area (Å²) in [6, 6.07) is 3.92. The molecular formula is C17H26N6O2. The van der Waals surface area contributed by atoms with Crippen LogP contribution in [0.2, 0.25) is 0 Å². The topological polar surface area (TPSA) is 79.0 Å². The lowest BCUT2D eigenvalue weighted by molar-refractivity contribution is -0.00986. The van der Waals surface area contributed by atoms with Crippen molar-refractivity contribution in [1.29, 1.82) is 0 Å². The number of aliphatic hydroxyl groups is 1. The fraction of sp³-hybridized carbons (Fsp3) is 0.706. The molecule has 4 rings (SSSR count). The van der Waals surface area contributed by atoms with Crippen molar-refractivity contribution in [3.05, 3.63) is 18.0 Å². The van der Waals surface area contributed by atoms with Gasteiger partial charge in [0.1, 0.15) is 11.4 Å². The van der Waals surface area contributed by atoms with Crippen LogP contribution in [0.3, 0.4) is 0 Å². The maximum Gasteiger partial charge on any atom is 0.178 e. The molecule has 0 aromatic carbocycles. The average Bonchev–Trinajstić information content (AvgIpc) is 3.21. The fourth-order valence-corrected chi connectivity index (χ4v) is 3.78. The van der Waals surface area contributed by atoms with E-state index >= 15 is 0 Å². The largest absolute Gasteiger partial charge is 0.386 e. The van der Waals surface area contributed by atoms with Crippen LogP contribution in [0.25, 0.3) is 5.65 Å². The minimum absolute atomic E-state index is 0.352. The third kappa shape index (κ3) is 3.33. The van der Waals surface area contributed by atoms with E-state index in [9.17, 15) is 5.11 Å². The van der Waals surface area contributed by atoms with Gasteiger partial charge in [-0.3, -0.25) is 0 Å². The Bertz CT molecular complexity index is 732. The van der Waals surface area contributed by atoms with E-state index in [1.165, 1.54) is 0 Å². The maximum absolute atomic E-state index is 10.5. The Labute approximate surface area is 147 Å². The average molecular weight is 346 g/mol. The number of ether oxygens (including phenoxy) is 1. The molecule has 136 valence electrons. The molecule has 0 saturated carbocycles. The van der Waals surface area contributed by atoms with E-state index in [4.69, 9.17) is 4.74 Å². The first-order valence-corrected chi connectivity index (χ1v) is 8.96.